The van der Waals surface area contributed by atoms with Gasteiger partial charge >= 0.3 is 0 Å². The van der Waals surface area contributed by atoms with Crippen molar-refractivity contribution in [1.29, 1.82) is 0 Å². The second kappa shape index (κ2) is 7.24. The molecule has 5 nitrogen and oxygen atoms in total. The van der Waals surface area contributed by atoms with E-state index in [-0.39, 0.29) is 10.6 Å². The fourth-order valence-corrected chi connectivity index (χ4v) is 1.51. The van der Waals surface area contributed by atoms with E-state index in [1.807, 2.05) is 0 Å². The predicted octanol–water partition coefficient (Wildman–Crippen LogP) is 1.35. The summed E-state index contributed by atoms with van der Waals surface area (Å²) in [6.07, 6.45) is 5.87. The molecule has 0 fully saturated rings. The molecule has 0 aliphatic carbocycles. The van der Waals surface area contributed by atoms with Gasteiger partial charge in [-0.05, 0) is 19.4 Å². The number of unbranched alkanes of at least 4 members (excludes halogenated alkanes) is 3. The van der Waals surface area contributed by atoms with E-state index in [1.54, 1.807) is 0 Å². The summed E-state index contributed by atoms with van der Waals surface area (Å²) in [4.78, 5) is 11.1. The summed E-state index contributed by atoms with van der Waals surface area (Å²) in [7, 11) is 0. The monoisotopic (exact) mass is 244 g/mol. The number of hydrogen-bond donors (Lipinski definition) is 3. The molecule has 16 heavy (non-hydrogen) atoms. The molecule has 1 aromatic heterocycles. The molecule has 1 aromatic rings. The fraction of sp³-hybridized carbons (Fsp3) is 0.600. The molecule has 0 saturated carbocycles. The lowest BCUT2D eigenvalue weighted by atomic mass is 10.2. The fourth-order valence-electron chi connectivity index (χ4n) is 1.35. The van der Waals surface area contributed by atoms with Gasteiger partial charge in [0.05, 0.1) is 11.9 Å². The molecule has 0 bridgehead atoms. The third kappa shape index (κ3) is 4.20. The van der Waals surface area contributed by atoms with Crippen LogP contribution < -0.4 is 16.6 Å². The molecule has 4 N–H and O–H groups in total. The van der Waals surface area contributed by atoms with Crippen LogP contribution in [-0.4, -0.2) is 23.3 Å². The van der Waals surface area contributed by atoms with Crippen molar-refractivity contribution in [2.45, 2.75) is 25.7 Å². The van der Waals surface area contributed by atoms with Crippen LogP contribution in [0.1, 0.15) is 25.7 Å². The molecule has 0 radical (unpaired) electrons. The van der Waals surface area contributed by atoms with E-state index in [1.165, 1.54) is 6.20 Å². The van der Waals surface area contributed by atoms with Crippen molar-refractivity contribution in [3.05, 3.63) is 21.6 Å². The molecule has 0 amide bonds. The summed E-state index contributed by atoms with van der Waals surface area (Å²) in [6, 6.07) is 0. The Kier molecular flexibility index (Phi) is 5.88. The molecule has 0 unspecified atom stereocenters. The van der Waals surface area contributed by atoms with E-state index in [2.05, 4.69) is 15.5 Å². The molecule has 0 aliphatic heterocycles. The van der Waals surface area contributed by atoms with Crippen LogP contribution in [0.5, 0.6) is 0 Å². The second-order valence-corrected chi connectivity index (χ2v) is 3.93. The summed E-state index contributed by atoms with van der Waals surface area (Å²) in [5, 5.41) is 9.19. The van der Waals surface area contributed by atoms with Crippen LogP contribution >= 0.6 is 11.6 Å². The number of halogens is 1. The van der Waals surface area contributed by atoms with Crippen molar-refractivity contribution in [3.63, 3.8) is 0 Å². The number of nitrogens with two attached hydrogens (primary N) is 1. The van der Waals surface area contributed by atoms with Gasteiger partial charge in [0.2, 0.25) is 0 Å². The molecular formula is C10H17ClN4O. The molecule has 6 heteroatoms. The van der Waals surface area contributed by atoms with Crippen LogP contribution in [0.2, 0.25) is 5.02 Å². The van der Waals surface area contributed by atoms with Crippen LogP contribution in [-0.2, 0) is 0 Å². The summed E-state index contributed by atoms with van der Waals surface area (Å²) in [5.74, 6) is 0. The number of aromatic amines is 1. The minimum Gasteiger partial charge on any atom is -0.382 e. The molecule has 0 spiro atoms. The Hall–Kier alpha value is -1.07. The van der Waals surface area contributed by atoms with Crippen LogP contribution in [0.4, 0.5) is 5.69 Å². The third-order valence-corrected chi connectivity index (χ3v) is 2.62. The highest BCUT2D eigenvalue weighted by molar-refractivity contribution is 6.32. The smallest absolute Gasteiger partial charge is 0.285 e. The van der Waals surface area contributed by atoms with E-state index in [0.717, 1.165) is 38.8 Å². The summed E-state index contributed by atoms with van der Waals surface area (Å²) >= 11 is 5.79. The van der Waals surface area contributed by atoms with Crippen molar-refractivity contribution < 1.29 is 0 Å². The van der Waals surface area contributed by atoms with E-state index < -0.39 is 0 Å². The molecule has 90 valence electrons. The summed E-state index contributed by atoms with van der Waals surface area (Å²) < 4.78 is 0. The van der Waals surface area contributed by atoms with Crippen molar-refractivity contribution in [3.8, 4) is 0 Å². The van der Waals surface area contributed by atoms with E-state index in [0.29, 0.717) is 5.69 Å². The lowest BCUT2D eigenvalue weighted by molar-refractivity contribution is 0.661. The molecule has 0 aliphatic rings. The molecule has 0 atom stereocenters. The number of nitrogens with zero attached hydrogens (tertiary/aromatic N) is 1. The van der Waals surface area contributed by atoms with Gasteiger partial charge in [-0.15, -0.1) is 0 Å². The van der Waals surface area contributed by atoms with Crippen molar-refractivity contribution in [1.82, 2.24) is 10.2 Å². The number of anilines is 1. The zero-order valence-corrected chi connectivity index (χ0v) is 9.89. The number of aromatic nitrogens is 2. The van der Waals surface area contributed by atoms with Crippen LogP contribution in [0.25, 0.3) is 0 Å². The highest BCUT2D eigenvalue weighted by Crippen LogP contribution is 2.14. The number of nitrogens with one attached hydrogen (secondary N) is 2. The first-order valence-corrected chi connectivity index (χ1v) is 5.80. The molecule has 0 aromatic carbocycles. The number of H-pyrrole nitrogens is 1. The Bertz CT molecular complexity index is 366. The van der Waals surface area contributed by atoms with E-state index >= 15 is 0 Å². The van der Waals surface area contributed by atoms with Crippen molar-refractivity contribution >= 4 is 17.3 Å². The van der Waals surface area contributed by atoms with Gasteiger partial charge in [-0.3, -0.25) is 4.79 Å². The van der Waals surface area contributed by atoms with Gasteiger partial charge in [0.25, 0.3) is 5.56 Å². The topological polar surface area (TPSA) is 83.8 Å². The highest BCUT2D eigenvalue weighted by Gasteiger charge is 2.03. The average molecular weight is 245 g/mol. The van der Waals surface area contributed by atoms with Gasteiger partial charge in [0.1, 0.15) is 5.02 Å². The first-order valence-electron chi connectivity index (χ1n) is 5.43. The SMILES string of the molecule is NCCCCCCNc1cn[nH]c(=O)c1Cl. The lowest BCUT2D eigenvalue weighted by Crippen LogP contribution is -2.12. The normalized spacial score (nSPS) is 10.4. The number of hydrogen-bond acceptors (Lipinski definition) is 4. The van der Waals surface area contributed by atoms with Crippen molar-refractivity contribution in [2.24, 2.45) is 5.73 Å². The minimum atomic E-state index is -0.366. The maximum absolute atomic E-state index is 11.1. The van der Waals surface area contributed by atoms with Gasteiger partial charge in [-0.1, -0.05) is 24.4 Å². The van der Waals surface area contributed by atoms with Crippen LogP contribution in [0, 0.1) is 0 Å². The number of rotatable bonds is 7. The summed E-state index contributed by atoms with van der Waals surface area (Å²) in [6.45, 7) is 1.53. The standard InChI is InChI=1S/C10H17ClN4O/c11-9-8(7-14-15-10(9)16)13-6-4-2-1-3-5-12/h7H,1-6,12H2,(H2,13,15,16). The van der Waals surface area contributed by atoms with Gasteiger partial charge in [0.15, 0.2) is 0 Å². The minimum absolute atomic E-state index is 0.164. The Morgan fingerprint density at radius 2 is 2.12 bits per heavy atom. The second-order valence-electron chi connectivity index (χ2n) is 3.56. The molecule has 1 heterocycles. The largest absolute Gasteiger partial charge is 0.382 e. The van der Waals surface area contributed by atoms with E-state index in [9.17, 15) is 4.79 Å². The van der Waals surface area contributed by atoms with Crippen LogP contribution in [0.3, 0.4) is 0 Å². The van der Waals surface area contributed by atoms with Crippen LogP contribution in [0.15, 0.2) is 11.0 Å². The zero-order valence-electron chi connectivity index (χ0n) is 9.13. The molecule has 1 rings (SSSR count). The molecule has 0 saturated heterocycles. The Labute approximate surface area is 99.4 Å². The first-order chi connectivity index (χ1) is 7.75. The Morgan fingerprint density at radius 3 is 2.88 bits per heavy atom. The quantitative estimate of drug-likeness (QED) is 0.633. The molecular weight excluding hydrogens is 228 g/mol. The zero-order chi connectivity index (χ0) is 11.8. The first kappa shape index (κ1) is 13.0. The average Bonchev–Trinajstić information content (AvgIpc) is 2.29. The Balaban J connectivity index is 2.27. The third-order valence-electron chi connectivity index (χ3n) is 2.24. The Morgan fingerprint density at radius 1 is 1.38 bits per heavy atom. The van der Waals surface area contributed by atoms with Gasteiger partial charge in [-0.25, -0.2) is 5.10 Å². The van der Waals surface area contributed by atoms with Gasteiger partial charge in [-0.2, -0.15) is 5.10 Å². The van der Waals surface area contributed by atoms with Gasteiger partial charge in [0, 0.05) is 6.54 Å². The highest BCUT2D eigenvalue weighted by atomic mass is 35.5. The maximum Gasteiger partial charge on any atom is 0.285 e. The van der Waals surface area contributed by atoms with Crippen molar-refractivity contribution in [2.75, 3.05) is 18.4 Å². The van der Waals surface area contributed by atoms with Gasteiger partial charge < -0.3 is 11.1 Å². The maximum atomic E-state index is 11.1. The van der Waals surface area contributed by atoms with E-state index in [4.69, 9.17) is 17.3 Å². The lowest BCUT2D eigenvalue weighted by Gasteiger charge is -2.06. The summed E-state index contributed by atoms with van der Waals surface area (Å²) in [5.41, 5.74) is 5.61. The predicted molar refractivity (Wildman–Crippen MR) is 65.9 cm³/mol.